The van der Waals surface area contributed by atoms with Crippen LogP contribution in [-0.4, -0.2) is 23.1 Å². The number of rotatable bonds is 6. The van der Waals surface area contributed by atoms with Crippen LogP contribution in [-0.2, 0) is 0 Å². The topological polar surface area (TPSA) is 77.3 Å². The van der Waals surface area contributed by atoms with E-state index in [-0.39, 0.29) is 5.69 Å². The van der Waals surface area contributed by atoms with Crippen molar-refractivity contribution in [1.29, 1.82) is 0 Å². The van der Waals surface area contributed by atoms with E-state index in [4.69, 9.17) is 4.74 Å². The summed E-state index contributed by atoms with van der Waals surface area (Å²) in [4.78, 5) is 14.2. The summed E-state index contributed by atoms with van der Waals surface area (Å²) in [6.45, 7) is 2.74. The number of benzene rings is 1. The fraction of sp³-hybridized carbons (Fsp3) is 0.214. The summed E-state index contributed by atoms with van der Waals surface area (Å²) in [5, 5.41) is 13.7. The number of aromatic nitrogens is 1. The van der Waals surface area contributed by atoms with E-state index in [1.54, 1.807) is 13.0 Å². The summed E-state index contributed by atoms with van der Waals surface area (Å²) in [6.07, 6.45) is 1.26. The average molecular weight is 273 g/mol. The van der Waals surface area contributed by atoms with Gasteiger partial charge in [-0.2, -0.15) is 0 Å². The molecule has 0 unspecified atom stereocenters. The van der Waals surface area contributed by atoms with Gasteiger partial charge < -0.3 is 10.1 Å². The number of hydrogen-bond donors (Lipinski definition) is 1. The summed E-state index contributed by atoms with van der Waals surface area (Å²) in [5.41, 5.74) is 0.604. The lowest BCUT2D eigenvalue weighted by atomic mass is 10.2. The first-order valence-corrected chi connectivity index (χ1v) is 6.19. The Bertz CT molecular complexity index is 587. The highest BCUT2D eigenvalue weighted by atomic mass is 16.6. The van der Waals surface area contributed by atoms with Crippen LogP contribution in [0.3, 0.4) is 0 Å². The molecule has 2 rings (SSSR count). The molecule has 0 saturated heterocycles. The number of para-hydroxylation sites is 1. The Hall–Kier alpha value is -2.63. The maximum atomic E-state index is 10.7. The Kier molecular flexibility index (Phi) is 4.49. The Morgan fingerprint density at radius 3 is 2.75 bits per heavy atom. The van der Waals surface area contributed by atoms with Crippen molar-refractivity contribution < 1.29 is 9.66 Å². The third-order valence-corrected chi connectivity index (χ3v) is 2.70. The Balaban J connectivity index is 1.83. The van der Waals surface area contributed by atoms with Gasteiger partial charge >= 0.3 is 0 Å². The largest absolute Gasteiger partial charge is 0.492 e. The summed E-state index contributed by atoms with van der Waals surface area (Å²) in [5.74, 6) is 1.41. The first-order chi connectivity index (χ1) is 9.66. The minimum atomic E-state index is -0.440. The molecule has 0 fully saturated rings. The third kappa shape index (κ3) is 3.68. The normalized spacial score (nSPS) is 10.1. The van der Waals surface area contributed by atoms with Gasteiger partial charge in [-0.1, -0.05) is 18.2 Å². The molecule has 0 atom stereocenters. The summed E-state index contributed by atoms with van der Waals surface area (Å²) >= 11 is 0. The monoisotopic (exact) mass is 273 g/mol. The van der Waals surface area contributed by atoms with E-state index in [0.29, 0.717) is 24.5 Å². The number of ether oxygens (including phenoxy) is 1. The lowest BCUT2D eigenvalue weighted by Crippen LogP contribution is -2.12. The fourth-order valence-electron chi connectivity index (χ4n) is 1.70. The first kappa shape index (κ1) is 13.8. The summed E-state index contributed by atoms with van der Waals surface area (Å²) in [7, 11) is 0. The second-order valence-corrected chi connectivity index (χ2v) is 4.20. The van der Waals surface area contributed by atoms with Crippen LogP contribution in [0.4, 0.5) is 11.5 Å². The van der Waals surface area contributed by atoms with Crippen molar-refractivity contribution in [1.82, 2.24) is 4.98 Å². The molecule has 0 aliphatic rings. The second kappa shape index (κ2) is 6.51. The van der Waals surface area contributed by atoms with E-state index in [1.165, 1.54) is 6.20 Å². The molecule has 1 aromatic heterocycles. The highest BCUT2D eigenvalue weighted by molar-refractivity contribution is 5.46. The predicted molar refractivity (Wildman–Crippen MR) is 76.1 cm³/mol. The lowest BCUT2D eigenvalue weighted by Gasteiger charge is -2.08. The number of nitrogens with one attached hydrogen (secondary N) is 1. The van der Waals surface area contributed by atoms with Gasteiger partial charge in [0.05, 0.1) is 11.5 Å². The minimum absolute atomic E-state index is 0.0242. The molecule has 0 aliphatic heterocycles. The van der Waals surface area contributed by atoms with Gasteiger partial charge in [-0.05, 0) is 25.1 Å². The van der Waals surface area contributed by atoms with Gasteiger partial charge in [0.25, 0.3) is 5.69 Å². The van der Waals surface area contributed by atoms with Crippen LogP contribution < -0.4 is 10.1 Å². The van der Waals surface area contributed by atoms with Gasteiger partial charge in [-0.25, -0.2) is 4.98 Å². The molecule has 0 radical (unpaired) electrons. The van der Waals surface area contributed by atoms with Crippen molar-refractivity contribution in [2.45, 2.75) is 6.92 Å². The predicted octanol–water partition coefficient (Wildman–Crippen LogP) is 2.79. The van der Waals surface area contributed by atoms with Crippen LogP contribution >= 0.6 is 0 Å². The van der Waals surface area contributed by atoms with Gasteiger partial charge in [-0.3, -0.25) is 10.1 Å². The number of pyridine rings is 1. The van der Waals surface area contributed by atoms with Gasteiger partial charge in [0.1, 0.15) is 24.4 Å². The van der Waals surface area contributed by atoms with Crippen LogP contribution in [0.25, 0.3) is 0 Å². The van der Waals surface area contributed by atoms with Crippen LogP contribution in [0.15, 0.2) is 42.6 Å². The first-order valence-electron chi connectivity index (χ1n) is 6.19. The van der Waals surface area contributed by atoms with E-state index in [9.17, 15) is 10.1 Å². The van der Waals surface area contributed by atoms with E-state index >= 15 is 0 Å². The number of nitrogens with zero attached hydrogens (tertiary/aromatic N) is 2. The third-order valence-electron chi connectivity index (χ3n) is 2.70. The molecular formula is C14H15N3O3. The molecule has 2 aromatic rings. The zero-order chi connectivity index (χ0) is 14.4. The van der Waals surface area contributed by atoms with Gasteiger partial charge in [0.15, 0.2) is 0 Å². The van der Waals surface area contributed by atoms with Crippen LogP contribution in [0.5, 0.6) is 5.75 Å². The molecule has 1 N–H and O–H groups in total. The number of anilines is 1. The molecular weight excluding hydrogens is 258 g/mol. The van der Waals surface area contributed by atoms with Gasteiger partial charge in [0, 0.05) is 5.56 Å². The van der Waals surface area contributed by atoms with Crippen LogP contribution in [0.1, 0.15) is 5.56 Å². The summed E-state index contributed by atoms with van der Waals surface area (Å²) in [6, 6.07) is 11.2. The molecule has 20 heavy (non-hydrogen) atoms. The second-order valence-electron chi connectivity index (χ2n) is 4.20. The number of aryl methyl sites for hydroxylation is 1. The molecule has 1 heterocycles. The standard InChI is InChI=1S/C14H15N3O3/c1-11-9-14(16-10-13(11)17(18)19)15-7-8-20-12-5-3-2-4-6-12/h2-6,9-10H,7-8H2,1H3,(H,15,16). The highest BCUT2D eigenvalue weighted by Crippen LogP contribution is 2.18. The van der Waals surface area contributed by atoms with E-state index < -0.39 is 4.92 Å². The van der Waals surface area contributed by atoms with Crippen LogP contribution in [0.2, 0.25) is 0 Å². The molecule has 0 bridgehead atoms. The molecule has 0 spiro atoms. The summed E-state index contributed by atoms with van der Waals surface area (Å²) < 4.78 is 5.52. The SMILES string of the molecule is Cc1cc(NCCOc2ccccc2)ncc1[N+](=O)[O-]. The Morgan fingerprint density at radius 2 is 2.10 bits per heavy atom. The van der Waals surface area contributed by atoms with Crippen molar-refractivity contribution in [3.8, 4) is 5.75 Å². The maximum Gasteiger partial charge on any atom is 0.290 e. The van der Waals surface area contributed by atoms with E-state index in [1.807, 2.05) is 30.3 Å². The Morgan fingerprint density at radius 1 is 1.35 bits per heavy atom. The molecule has 6 nitrogen and oxygen atoms in total. The molecule has 0 aliphatic carbocycles. The minimum Gasteiger partial charge on any atom is -0.492 e. The van der Waals surface area contributed by atoms with Crippen molar-refractivity contribution in [2.24, 2.45) is 0 Å². The molecule has 0 amide bonds. The highest BCUT2D eigenvalue weighted by Gasteiger charge is 2.10. The number of nitro groups is 1. The molecule has 6 heteroatoms. The quantitative estimate of drug-likeness (QED) is 0.497. The van der Waals surface area contributed by atoms with Crippen molar-refractivity contribution >= 4 is 11.5 Å². The molecule has 1 aromatic carbocycles. The molecule has 0 saturated carbocycles. The number of hydrogen-bond acceptors (Lipinski definition) is 5. The van der Waals surface area contributed by atoms with Crippen molar-refractivity contribution in [2.75, 3.05) is 18.5 Å². The smallest absolute Gasteiger partial charge is 0.290 e. The lowest BCUT2D eigenvalue weighted by molar-refractivity contribution is -0.385. The zero-order valence-corrected chi connectivity index (χ0v) is 11.1. The van der Waals surface area contributed by atoms with Crippen LogP contribution in [0, 0.1) is 17.0 Å². The fourth-order valence-corrected chi connectivity index (χ4v) is 1.70. The van der Waals surface area contributed by atoms with E-state index in [0.717, 1.165) is 5.75 Å². The Labute approximate surface area is 116 Å². The van der Waals surface area contributed by atoms with Gasteiger partial charge in [-0.15, -0.1) is 0 Å². The van der Waals surface area contributed by atoms with Gasteiger partial charge in [0.2, 0.25) is 0 Å². The average Bonchev–Trinajstić information content (AvgIpc) is 2.44. The van der Waals surface area contributed by atoms with Crippen molar-refractivity contribution in [3.63, 3.8) is 0 Å². The zero-order valence-electron chi connectivity index (χ0n) is 11.1. The maximum absolute atomic E-state index is 10.7. The van der Waals surface area contributed by atoms with Crippen molar-refractivity contribution in [3.05, 3.63) is 58.3 Å². The van der Waals surface area contributed by atoms with E-state index in [2.05, 4.69) is 10.3 Å². The molecule has 104 valence electrons.